The van der Waals surface area contributed by atoms with Crippen molar-refractivity contribution in [2.75, 3.05) is 31.3 Å². The Morgan fingerprint density at radius 1 is 0.583 bits per heavy atom. The Kier molecular flexibility index (Phi) is 18.6. The average Bonchev–Trinajstić information content (AvgIpc) is 2.56. The Labute approximate surface area is 157 Å². The third kappa shape index (κ3) is 13.7. The summed E-state index contributed by atoms with van der Waals surface area (Å²) in [6, 6.07) is 0.951. The normalized spacial score (nSPS) is 12.0. The molecule has 3 nitrogen and oxygen atoms in total. The third-order valence-corrected chi connectivity index (χ3v) is 8.31. The van der Waals surface area contributed by atoms with Crippen LogP contribution in [0.2, 0.25) is 6.04 Å². The molecule has 146 valence electrons. The van der Waals surface area contributed by atoms with E-state index in [1.165, 1.54) is 62.9 Å². The lowest BCUT2D eigenvalue weighted by molar-refractivity contribution is 0.0712. The Hall–Kier alpha value is 0.447. The first-order valence-electron chi connectivity index (χ1n) is 10.2. The molecule has 0 aliphatic heterocycles. The first-order chi connectivity index (χ1) is 11.7. The molecule has 0 N–H and O–H groups in total. The van der Waals surface area contributed by atoms with Crippen molar-refractivity contribution < 1.29 is 13.3 Å². The maximum absolute atomic E-state index is 5.90. The predicted octanol–water partition coefficient (Wildman–Crippen LogP) is 6.30. The summed E-state index contributed by atoms with van der Waals surface area (Å²) < 4.78 is 17.7. The van der Waals surface area contributed by atoms with Crippen LogP contribution in [-0.2, 0) is 13.3 Å². The quantitative estimate of drug-likeness (QED) is 0.195. The van der Waals surface area contributed by atoms with E-state index in [9.17, 15) is 0 Å². The highest BCUT2D eigenvalue weighted by Gasteiger charge is 2.39. The molecule has 0 saturated carbocycles. The maximum atomic E-state index is 5.90. The van der Waals surface area contributed by atoms with Crippen LogP contribution in [0.25, 0.3) is 0 Å². The van der Waals surface area contributed by atoms with Crippen molar-refractivity contribution in [2.45, 2.75) is 91.5 Å². The molecular weight excluding hydrogens is 336 g/mol. The van der Waals surface area contributed by atoms with Crippen molar-refractivity contribution in [3.8, 4) is 0 Å². The molecule has 0 aliphatic carbocycles. The summed E-state index contributed by atoms with van der Waals surface area (Å²) in [6.45, 7) is 10.4. The van der Waals surface area contributed by atoms with Crippen LogP contribution in [0.15, 0.2) is 0 Å². The number of unbranched alkanes of at least 4 members (excludes halogenated alkanes) is 7. The van der Waals surface area contributed by atoms with Gasteiger partial charge in [0.1, 0.15) is 0 Å². The molecule has 0 bridgehead atoms. The lowest BCUT2D eigenvalue weighted by atomic mass is 10.1. The van der Waals surface area contributed by atoms with E-state index in [1.807, 2.05) is 20.8 Å². The van der Waals surface area contributed by atoms with Gasteiger partial charge in [-0.1, -0.05) is 51.9 Å². The van der Waals surface area contributed by atoms with Crippen LogP contribution in [0, 0.1) is 0 Å². The molecule has 0 aromatic rings. The first-order valence-corrected chi connectivity index (χ1v) is 13.3. The minimum Gasteiger partial charge on any atom is -0.374 e. The van der Waals surface area contributed by atoms with Crippen molar-refractivity contribution in [3.63, 3.8) is 0 Å². The van der Waals surface area contributed by atoms with Gasteiger partial charge in [0.15, 0.2) is 0 Å². The fraction of sp³-hybridized carbons (Fsp3) is 1.00. The van der Waals surface area contributed by atoms with Gasteiger partial charge in [0.25, 0.3) is 0 Å². The Balaban J connectivity index is 3.60. The maximum Gasteiger partial charge on any atom is 0.500 e. The molecule has 0 atom stereocenters. The highest BCUT2D eigenvalue weighted by Crippen LogP contribution is 2.20. The van der Waals surface area contributed by atoms with Crippen molar-refractivity contribution >= 4 is 20.6 Å². The molecule has 0 saturated heterocycles. The first kappa shape index (κ1) is 24.4. The second kappa shape index (κ2) is 18.2. The smallest absolute Gasteiger partial charge is 0.374 e. The lowest BCUT2D eigenvalue weighted by Gasteiger charge is -2.28. The number of hydrogen-bond donors (Lipinski definition) is 0. The summed E-state index contributed by atoms with van der Waals surface area (Å²) in [6.07, 6.45) is 12.3. The van der Waals surface area contributed by atoms with E-state index in [0.717, 1.165) is 12.5 Å². The Morgan fingerprint density at radius 3 is 1.54 bits per heavy atom. The zero-order chi connectivity index (χ0) is 17.9. The molecular formula is C19H42O3SSi. The van der Waals surface area contributed by atoms with Gasteiger partial charge in [-0.25, -0.2) is 0 Å². The molecule has 0 aliphatic rings. The van der Waals surface area contributed by atoms with Crippen molar-refractivity contribution in [1.29, 1.82) is 0 Å². The lowest BCUT2D eigenvalue weighted by Crippen LogP contribution is -2.46. The molecule has 24 heavy (non-hydrogen) atoms. The second-order valence-electron chi connectivity index (χ2n) is 6.17. The molecule has 0 unspecified atom stereocenters. The largest absolute Gasteiger partial charge is 0.500 e. The SMILES string of the molecule is CCCCCCCCCCSCCC[Si](OCC)(OCC)OCC. The summed E-state index contributed by atoms with van der Waals surface area (Å²) in [7, 11) is -2.41. The minimum absolute atomic E-state index is 0.678. The van der Waals surface area contributed by atoms with Gasteiger partial charge in [-0.15, -0.1) is 0 Å². The number of rotatable bonds is 19. The summed E-state index contributed by atoms with van der Waals surface area (Å²) in [4.78, 5) is 0. The number of hydrogen-bond acceptors (Lipinski definition) is 4. The summed E-state index contributed by atoms with van der Waals surface area (Å²) >= 11 is 2.08. The molecule has 0 amide bonds. The van der Waals surface area contributed by atoms with Crippen LogP contribution in [0.4, 0.5) is 0 Å². The zero-order valence-electron chi connectivity index (χ0n) is 16.7. The minimum atomic E-state index is -2.41. The van der Waals surface area contributed by atoms with Gasteiger partial charge in [0.2, 0.25) is 0 Å². The van der Waals surface area contributed by atoms with Crippen LogP contribution < -0.4 is 0 Å². The molecule has 0 spiro atoms. The highest BCUT2D eigenvalue weighted by molar-refractivity contribution is 7.99. The van der Waals surface area contributed by atoms with Crippen LogP contribution in [-0.4, -0.2) is 40.1 Å². The van der Waals surface area contributed by atoms with Gasteiger partial charge in [0.05, 0.1) is 0 Å². The number of thioether (sulfide) groups is 1. The van der Waals surface area contributed by atoms with Gasteiger partial charge in [-0.2, -0.15) is 11.8 Å². The standard InChI is InChI=1S/C19H42O3SSi/c1-5-9-10-11-12-13-14-15-17-23-18-16-19-24(20-6-2,21-7-3)22-8-4/h5-19H2,1-4H3. The molecule has 0 aromatic carbocycles. The molecule has 0 aromatic heterocycles. The van der Waals surface area contributed by atoms with Crippen molar-refractivity contribution in [1.82, 2.24) is 0 Å². The van der Waals surface area contributed by atoms with Crippen LogP contribution in [0.3, 0.4) is 0 Å². The van der Waals surface area contributed by atoms with E-state index in [-0.39, 0.29) is 0 Å². The van der Waals surface area contributed by atoms with Gasteiger partial charge < -0.3 is 13.3 Å². The van der Waals surface area contributed by atoms with Crippen molar-refractivity contribution in [2.24, 2.45) is 0 Å². The molecule has 0 fully saturated rings. The fourth-order valence-electron chi connectivity index (χ4n) is 2.83. The molecule has 0 radical (unpaired) electrons. The summed E-state index contributed by atoms with van der Waals surface area (Å²) in [5.74, 6) is 2.49. The van der Waals surface area contributed by atoms with Crippen LogP contribution in [0.5, 0.6) is 0 Å². The molecule has 0 heterocycles. The average molecular weight is 379 g/mol. The van der Waals surface area contributed by atoms with E-state index in [1.54, 1.807) is 0 Å². The fourth-order valence-corrected chi connectivity index (χ4v) is 6.66. The van der Waals surface area contributed by atoms with Crippen LogP contribution >= 0.6 is 11.8 Å². The topological polar surface area (TPSA) is 27.7 Å². The monoisotopic (exact) mass is 378 g/mol. The van der Waals surface area contributed by atoms with E-state index >= 15 is 0 Å². The summed E-state index contributed by atoms with van der Waals surface area (Å²) in [5.41, 5.74) is 0. The van der Waals surface area contributed by atoms with E-state index < -0.39 is 8.80 Å². The van der Waals surface area contributed by atoms with E-state index in [4.69, 9.17) is 13.3 Å². The molecule has 5 heteroatoms. The zero-order valence-corrected chi connectivity index (χ0v) is 18.6. The second-order valence-corrected chi connectivity index (χ2v) is 10.1. The van der Waals surface area contributed by atoms with E-state index in [0.29, 0.717) is 19.8 Å². The Morgan fingerprint density at radius 2 is 1.04 bits per heavy atom. The van der Waals surface area contributed by atoms with Crippen LogP contribution in [0.1, 0.15) is 85.5 Å². The van der Waals surface area contributed by atoms with Gasteiger partial charge in [-0.3, -0.25) is 0 Å². The summed E-state index contributed by atoms with van der Waals surface area (Å²) in [5, 5.41) is 0. The van der Waals surface area contributed by atoms with Gasteiger partial charge >= 0.3 is 8.80 Å². The Bertz CT molecular complexity index is 238. The predicted molar refractivity (Wildman–Crippen MR) is 110 cm³/mol. The van der Waals surface area contributed by atoms with Gasteiger partial charge in [0, 0.05) is 25.9 Å². The van der Waals surface area contributed by atoms with E-state index in [2.05, 4.69) is 18.7 Å². The third-order valence-electron chi connectivity index (χ3n) is 4.01. The van der Waals surface area contributed by atoms with Gasteiger partial charge in [-0.05, 0) is 45.1 Å². The highest BCUT2D eigenvalue weighted by atomic mass is 32.2. The molecule has 0 rings (SSSR count). The van der Waals surface area contributed by atoms with Crippen molar-refractivity contribution in [3.05, 3.63) is 0 Å².